The summed E-state index contributed by atoms with van der Waals surface area (Å²) < 4.78 is 0. The van der Waals surface area contributed by atoms with Gasteiger partial charge in [0, 0.05) is 12.1 Å². The van der Waals surface area contributed by atoms with Crippen molar-refractivity contribution >= 4 is 0 Å². The Morgan fingerprint density at radius 3 is 1.72 bits per heavy atom. The van der Waals surface area contributed by atoms with E-state index in [-0.39, 0.29) is 0 Å². The minimum Gasteiger partial charge on any atom is -0.328 e. The Hall–Kier alpha value is -0.0800. The van der Waals surface area contributed by atoms with Crippen LogP contribution in [0.25, 0.3) is 0 Å². The van der Waals surface area contributed by atoms with Crippen LogP contribution < -0.4 is 11.1 Å². The highest BCUT2D eigenvalue weighted by Gasteiger charge is 2.39. The van der Waals surface area contributed by atoms with Gasteiger partial charge in [0.15, 0.2) is 0 Å². The summed E-state index contributed by atoms with van der Waals surface area (Å²) in [6, 6.07) is 1.26. The Kier molecular flexibility index (Phi) is 4.71. The first-order valence-corrected chi connectivity index (χ1v) is 7.97. The molecule has 2 nitrogen and oxygen atoms in total. The summed E-state index contributed by atoms with van der Waals surface area (Å²) in [5.41, 5.74) is 6.57. The van der Waals surface area contributed by atoms with Gasteiger partial charge in [0.1, 0.15) is 0 Å². The molecule has 2 heteroatoms. The fourth-order valence-electron chi connectivity index (χ4n) is 4.32. The second kappa shape index (κ2) is 5.92. The summed E-state index contributed by atoms with van der Waals surface area (Å²) in [6.07, 6.45) is 10.8. The van der Waals surface area contributed by atoms with Gasteiger partial charge in [0.2, 0.25) is 0 Å². The molecule has 0 saturated heterocycles. The highest BCUT2D eigenvalue weighted by atomic mass is 14.9. The minimum absolute atomic E-state index is 0.483. The van der Waals surface area contributed by atoms with Gasteiger partial charge < -0.3 is 11.1 Å². The van der Waals surface area contributed by atoms with Crippen molar-refractivity contribution in [1.29, 1.82) is 0 Å². The van der Waals surface area contributed by atoms with E-state index >= 15 is 0 Å². The van der Waals surface area contributed by atoms with Crippen molar-refractivity contribution in [2.24, 2.45) is 23.0 Å². The zero-order valence-corrected chi connectivity index (χ0v) is 12.5. The van der Waals surface area contributed by atoms with Crippen LogP contribution in [0.1, 0.15) is 65.2 Å². The predicted molar refractivity (Wildman–Crippen MR) is 78.5 cm³/mol. The number of hydrogen-bond acceptors (Lipinski definition) is 2. The van der Waals surface area contributed by atoms with Gasteiger partial charge in [-0.25, -0.2) is 0 Å². The Balaban J connectivity index is 1.90. The quantitative estimate of drug-likeness (QED) is 0.809. The molecule has 0 spiro atoms. The zero-order chi connectivity index (χ0) is 13.2. The lowest BCUT2D eigenvalue weighted by Gasteiger charge is -2.46. The lowest BCUT2D eigenvalue weighted by Crippen LogP contribution is -2.41. The molecule has 0 heterocycles. The van der Waals surface area contributed by atoms with Crippen LogP contribution in [0.3, 0.4) is 0 Å². The van der Waals surface area contributed by atoms with Gasteiger partial charge in [-0.15, -0.1) is 0 Å². The van der Waals surface area contributed by atoms with Gasteiger partial charge in [-0.3, -0.25) is 0 Å². The second-order valence-corrected chi connectivity index (χ2v) is 7.27. The summed E-state index contributed by atoms with van der Waals surface area (Å²) in [6.45, 7) is 5.05. The fraction of sp³-hybridized carbons (Fsp3) is 1.00. The van der Waals surface area contributed by atoms with E-state index in [9.17, 15) is 0 Å². The molecule has 0 amide bonds. The van der Waals surface area contributed by atoms with Crippen LogP contribution >= 0.6 is 0 Å². The Labute approximate surface area is 113 Å². The smallest absolute Gasteiger partial charge is 0.00642 e. The second-order valence-electron chi connectivity index (χ2n) is 7.27. The molecule has 0 aromatic rings. The summed E-state index contributed by atoms with van der Waals surface area (Å²) in [7, 11) is 2.11. The fourth-order valence-corrected chi connectivity index (χ4v) is 4.32. The molecule has 0 atom stereocenters. The van der Waals surface area contributed by atoms with E-state index in [4.69, 9.17) is 5.73 Å². The molecule has 0 bridgehead atoms. The topological polar surface area (TPSA) is 38.0 Å². The molecule has 2 fully saturated rings. The normalized spacial score (nSPS) is 38.7. The van der Waals surface area contributed by atoms with Crippen LogP contribution in [-0.2, 0) is 0 Å². The third-order valence-electron chi connectivity index (χ3n) is 6.01. The Morgan fingerprint density at radius 1 is 0.833 bits per heavy atom. The Bertz CT molecular complexity index is 246. The minimum atomic E-state index is 0.483. The third-order valence-corrected chi connectivity index (χ3v) is 6.01. The molecule has 2 rings (SSSR count). The van der Waals surface area contributed by atoms with Crippen LogP contribution in [0.15, 0.2) is 0 Å². The van der Waals surface area contributed by atoms with Gasteiger partial charge in [-0.2, -0.15) is 0 Å². The van der Waals surface area contributed by atoms with E-state index < -0.39 is 0 Å². The zero-order valence-electron chi connectivity index (χ0n) is 12.5. The molecular formula is C16H32N2. The van der Waals surface area contributed by atoms with Crippen molar-refractivity contribution in [2.45, 2.75) is 77.3 Å². The molecule has 0 aromatic heterocycles. The van der Waals surface area contributed by atoms with Gasteiger partial charge in [-0.1, -0.05) is 13.8 Å². The molecule has 0 radical (unpaired) electrons. The Morgan fingerprint density at radius 2 is 1.28 bits per heavy atom. The average Bonchev–Trinajstić information content (AvgIpc) is 2.39. The highest BCUT2D eigenvalue weighted by molar-refractivity contribution is 4.91. The van der Waals surface area contributed by atoms with Crippen LogP contribution in [0, 0.1) is 17.3 Å². The number of rotatable bonds is 3. The monoisotopic (exact) mass is 252 g/mol. The van der Waals surface area contributed by atoms with E-state index in [1.54, 1.807) is 0 Å². The van der Waals surface area contributed by atoms with Crippen molar-refractivity contribution < 1.29 is 0 Å². The van der Waals surface area contributed by atoms with Crippen LogP contribution in [-0.4, -0.2) is 19.1 Å². The molecule has 0 aliphatic heterocycles. The molecule has 2 saturated carbocycles. The van der Waals surface area contributed by atoms with Crippen molar-refractivity contribution in [1.82, 2.24) is 5.32 Å². The average molecular weight is 252 g/mol. The number of hydrogen-bond donors (Lipinski definition) is 2. The van der Waals surface area contributed by atoms with Crippen molar-refractivity contribution in [3.05, 3.63) is 0 Å². The van der Waals surface area contributed by atoms with E-state index in [0.29, 0.717) is 11.5 Å². The summed E-state index contributed by atoms with van der Waals surface area (Å²) in [5, 5.41) is 3.44. The first-order valence-electron chi connectivity index (χ1n) is 7.97. The van der Waals surface area contributed by atoms with Gasteiger partial charge in [-0.05, 0) is 75.7 Å². The SMILES string of the molecule is CNC1CCC(C(C)(C)C2CCC(N)CC2)CC1. The standard InChI is InChI=1S/C16H32N2/c1-16(2,12-4-8-14(17)9-5-12)13-6-10-15(18-3)11-7-13/h12-15,18H,4-11,17H2,1-3H3. The van der Waals surface area contributed by atoms with Gasteiger partial charge >= 0.3 is 0 Å². The molecule has 0 aromatic carbocycles. The summed E-state index contributed by atoms with van der Waals surface area (Å²) >= 11 is 0. The van der Waals surface area contributed by atoms with Gasteiger partial charge in [0.05, 0.1) is 0 Å². The molecule has 2 aliphatic carbocycles. The van der Waals surface area contributed by atoms with E-state index in [1.165, 1.54) is 51.4 Å². The summed E-state index contributed by atoms with van der Waals surface area (Å²) in [5.74, 6) is 1.84. The first kappa shape index (κ1) is 14.3. The maximum Gasteiger partial charge on any atom is 0.00642 e. The van der Waals surface area contributed by atoms with Gasteiger partial charge in [0.25, 0.3) is 0 Å². The van der Waals surface area contributed by atoms with Crippen molar-refractivity contribution in [2.75, 3.05) is 7.05 Å². The maximum atomic E-state index is 6.05. The summed E-state index contributed by atoms with van der Waals surface area (Å²) in [4.78, 5) is 0. The van der Waals surface area contributed by atoms with E-state index in [2.05, 4.69) is 26.2 Å². The predicted octanol–water partition coefficient (Wildman–Crippen LogP) is 3.31. The lowest BCUT2D eigenvalue weighted by molar-refractivity contribution is 0.0501. The number of nitrogens with one attached hydrogen (secondary N) is 1. The van der Waals surface area contributed by atoms with Crippen LogP contribution in [0.4, 0.5) is 0 Å². The van der Waals surface area contributed by atoms with Crippen LogP contribution in [0.2, 0.25) is 0 Å². The lowest BCUT2D eigenvalue weighted by atomic mass is 9.60. The van der Waals surface area contributed by atoms with E-state index in [0.717, 1.165) is 17.9 Å². The third kappa shape index (κ3) is 3.08. The molecule has 0 unspecified atom stereocenters. The largest absolute Gasteiger partial charge is 0.328 e. The number of nitrogens with two attached hydrogens (primary N) is 1. The molecule has 106 valence electrons. The van der Waals surface area contributed by atoms with E-state index in [1.807, 2.05) is 0 Å². The molecule has 3 N–H and O–H groups in total. The highest BCUT2D eigenvalue weighted by Crippen LogP contribution is 2.48. The molecule has 18 heavy (non-hydrogen) atoms. The van der Waals surface area contributed by atoms with Crippen molar-refractivity contribution in [3.63, 3.8) is 0 Å². The van der Waals surface area contributed by atoms with Crippen LogP contribution in [0.5, 0.6) is 0 Å². The maximum absolute atomic E-state index is 6.05. The molecular weight excluding hydrogens is 220 g/mol. The molecule has 2 aliphatic rings. The van der Waals surface area contributed by atoms with Crippen molar-refractivity contribution in [3.8, 4) is 0 Å². The first-order chi connectivity index (χ1) is 8.54.